The van der Waals surface area contributed by atoms with Crippen molar-refractivity contribution in [2.75, 3.05) is 18.5 Å². The van der Waals surface area contributed by atoms with E-state index in [4.69, 9.17) is 0 Å². The van der Waals surface area contributed by atoms with Gasteiger partial charge in [0.05, 0.1) is 0 Å². The first-order chi connectivity index (χ1) is 7.33. The van der Waals surface area contributed by atoms with Crippen LogP contribution in [0.15, 0.2) is 18.2 Å². The van der Waals surface area contributed by atoms with Crippen LogP contribution in [0.5, 0.6) is 0 Å². The normalized spacial score (nSPS) is 14.9. The summed E-state index contributed by atoms with van der Waals surface area (Å²) < 4.78 is 0. The first kappa shape index (κ1) is 10.2. The fraction of sp³-hybridized carbons (Fsp3) is 0.462. The lowest BCUT2D eigenvalue weighted by molar-refractivity contribution is -0.107. The zero-order valence-corrected chi connectivity index (χ0v) is 9.20. The van der Waals surface area contributed by atoms with Crippen molar-refractivity contribution >= 4 is 12.0 Å². The van der Waals surface area contributed by atoms with Crippen LogP contribution in [0.2, 0.25) is 0 Å². The van der Waals surface area contributed by atoms with Crippen LogP contribution in [0, 0.1) is 0 Å². The Kier molecular flexibility index (Phi) is 3.05. The van der Waals surface area contributed by atoms with Crippen LogP contribution in [0.3, 0.4) is 0 Å². The molecule has 1 aliphatic rings. The third kappa shape index (κ3) is 2.04. The zero-order valence-electron chi connectivity index (χ0n) is 9.20. The van der Waals surface area contributed by atoms with Crippen molar-refractivity contribution in [2.24, 2.45) is 0 Å². The molecule has 0 amide bonds. The summed E-state index contributed by atoms with van der Waals surface area (Å²) in [5.74, 6) is 0. The Morgan fingerprint density at radius 1 is 1.47 bits per heavy atom. The van der Waals surface area contributed by atoms with Crippen molar-refractivity contribution in [2.45, 2.75) is 25.7 Å². The maximum absolute atomic E-state index is 10.4. The van der Waals surface area contributed by atoms with Gasteiger partial charge in [-0.1, -0.05) is 12.1 Å². The minimum atomic E-state index is 0.639. The molecule has 1 aromatic rings. The molecule has 0 bridgehead atoms. The first-order valence-electron chi connectivity index (χ1n) is 5.58. The average molecular weight is 203 g/mol. The Balaban J connectivity index is 2.31. The fourth-order valence-corrected chi connectivity index (χ4v) is 2.33. The van der Waals surface area contributed by atoms with Gasteiger partial charge in [0.2, 0.25) is 0 Å². The van der Waals surface area contributed by atoms with Gasteiger partial charge in [0.25, 0.3) is 0 Å². The molecule has 1 heterocycles. The van der Waals surface area contributed by atoms with Crippen molar-refractivity contribution in [1.29, 1.82) is 0 Å². The fourth-order valence-electron chi connectivity index (χ4n) is 2.33. The van der Waals surface area contributed by atoms with Crippen molar-refractivity contribution in [1.82, 2.24) is 0 Å². The predicted octanol–water partition coefficient (Wildman–Crippen LogP) is 2.20. The molecule has 2 nitrogen and oxygen atoms in total. The summed E-state index contributed by atoms with van der Waals surface area (Å²) in [4.78, 5) is 12.7. The monoisotopic (exact) mass is 203 g/mol. The number of fused-ring (bicyclic) bond motifs is 1. The first-order valence-corrected chi connectivity index (χ1v) is 5.58. The molecule has 0 aromatic heterocycles. The van der Waals surface area contributed by atoms with E-state index in [-0.39, 0.29) is 0 Å². The number of rotatable bonds is 3. The highest BCUT2D eigenvalue weighted by Crippen LogP contribution is 2.29. The van der Waals surface area contributed by atoms with Crippen LogP contribution in [0.4, 0.5) is 5.69 Å². The van der Waals surface area contributed by atoms with Gasteiger partial charge in [0.15, 0.2) is 0 Å². The average Bonchev–Trinajstić information content (AvgIpc) is 2.27. The van der Waals surface area contributed by atoms with Crippen LogP contribution in [0.1, 0.15) is 24.0 Å². The summed E-state index contributed by atoms with van der Waals surface area (Å²) in [5, 5.41) is 0. The number of aryl methyl sites for hydroxylation is 1. The van der Waals surface area contributed by atoms with Crippen molar-refractivity contribution in [3.63, 3.8) is 0 Å². The highest BCUT2D eigenvalue weighted by molar-refractivity contribution is 5.59. The van der Waals surface area contributed by atoms with E-state index in [0.29, 0.717) is 6.42 Å². The largest absolute Gasteiger partial charge is 0.374 e. The summed E-state index contributed by atoms with van der Waals surface area (Å²) in [5.41, 5.74) is 4.16. The number of nitrogens with zero attached hydrogens (tertiary/aromatic N) is 1. The van der Waals surface area contributed by atoms with Crippen LogP contribution in [-0.2, 0) is 17.6 Å². The summed E-state index contributed by atoms with van der Waals surface area (Å²) in [6.45, 7) is 1.14. The van der Waals surface area contributed by atoms with E-state index in [9.17, 15) is 4.79 Å². The SMILES string of the molecule is CN1CCCc2c(CCC=O)cccc21. The molecule has 0 spiro atoms. The number of hydrogen-bond donors (Lipinski definition) is 0. The molecule has 2 heteroatoms. The lowest BCUT2D eigenvalue weighted by atomic mass is 9.94. The number of aldehydes is 1. The minimum Gasteiger partial charge on any atom is -0.374 e. The molecule has 2 rings (SSSR count). The van der Waals surface area contributed by atoms with Crippen LogP contribution in [0.25, 0.3) is 0 Å². The Hall–Kier alpha value is -1.31. The summed E-state index contributed by atoms with van der Waals surface area (Å²) >= 11 is 0. The number of hydrogen-bond acceptors (Lipinski definition) is 2. The van der Waals surface area contributed by atoms with Gasteiger partial charge in [-0.15, -0.1) is 0 Å². The lowest BCUT2D eigenvalue weighted by Crippen LogP contribution is -2.25. The molecule has 0 fully saturated rings. The predicted molar refractivity (Wildman–Crippen MR) is 62.4 cm³/mol. The molecule has 1 aromatic carbocycles. The van der Waals surface area contributed by atoms with E-state index < -0.39 is 0 Å². The second-order valence-electron chi connectivity index (χ2n) is 4.15. The topological polar surface area (TPSA) is 20.3 Å². The number of carbonyl (C=O) groups is 1. The van der Waals surface area contributed by atoms with Gasteiger partial charge >= 0.3 is 0 Å². The summed E-state index contributed by atoms with van der Waals surface area (Å²) in [6, 6.07) is 6.43. The van der Waals surface area contributed by atoms with Gasteiger partial charge in [-0.25, -0.2) is 0 Å². The second-order valence-corrected chi connectivity index (χ2v) is 4.15. The maximum Gasteiger partial charge on any atom is 0.120 e. The van der Waals surface area contributed by atoms with Crippen molar-refractivity contribution in [3.05, 3.63) is 29.3 Å². The number of anilines is 1. The Morgan fingerprint density at radius 2 is 2.33 bits per heavy atom. The molecule has 15 heavy (non-hydrogen) atoms. The van der Waals surface area contributed by atoms with Gasteiger partial charge < -0.3 is 9.69 Å². The maximum atomic E-state index is 10.4. The summed E-state index contributed by atoms with van der Waals surface area (Å²) in [6.07, 6.45) is 4.92. The number of benzene rings is 1. The van der Waals surface area contributed by atoms with Crippen molar-refractivity contribution in [3.8, 4) is 0 Å². The molecule has 0 aliphatic carbocycles. The van der Waals surface area contributed by atoms with Gasteiger partial charge in [-0.3, -0.25) is 0 Å². The molecule has 1 aliphatic heterocycles. The highest BCUT2D eigenvalue weighted by atomic mass is 16.1. The Bertz CT molecular complexity index is 360. The van der Waals surface area contributed by atoms with Gasteiger partial charge in [0, 0.05) is 25.7 Å². The third-order valence-electron chi connectivity index (χ3n) is 3.11. The third-order valence-corrected chi connectivity index (χ3v) is 3.11. The van der Waals surface area contributed by atoms with E-state index >= 15 is 0 Å². The summed E-state index contributed by atoms with van der Waals surface area (Å²) in [7, 11) is 2.14. The molecule has 0 saturated heterocycles. The van der Waals surface area contributed by atoms with E-state index in [1.54, 1.807) is 0 Å². The van der Waals surface area contributed by atoms with Gasteiger partial charge in [-0.05, 0) is 36.5 Å². The van der Waals surface area contributed by atoms with E-state index in [1.807, 2.05) is 0 Å². The second kappa shape index (κ2) is 4.47. The van der Waals surface area contributed by atoms with Crippen LogP contribution >= 0.6 is 0 Å². The molecule has 0 unspecified atom stereocenters. The Labute approximate surface area is 90.9 Å². The number of carbonyl (C=O) groups excluding carboxylic acids is 1. The molecule has 0 radical (unpaired) electrons. The standard InChI is InChI=1S/C13H17NO/c1-14-9-3-7-12-11(6-4-10-15)5-2-8-13(12)14/h2,5,8,10H,3-4,6-7,9H2,1H3. The van der Waals surface area contributed by atoms with E-state index in [1.165, 1.54) is 23.2 Å². The molecule has 0 atom stereocenters. The zero-order chi connectivity index (χ0) is 10.7. The molecular formula is C13H17NO. The quantitative estimate of drug-likeness (QED) is 0.702. The van der Waals surface area contributed by atoms with E-state index in [0.717, 1.165) is 25.7 Å². The smallest absolute Gasteiger partial charge is 0.120 e. The van der Waals surface area contributed by atoms with Gasteiger partial charge in [0.1, 0.15) is 6.29 Å². The lowest BCUT2D eigenvalue weighted by Gasteiger charge is -2.29. The van der Waals surface area contributed by atoms with Gasteiger partial charge in [-0.2, -0.15) is 0 Å². The van der Waals surface area contributed by atoms with Crippen LogP contribution < -0.4 is 4.90 Å². The van der Waals surface area contributed by atoms with E-state index in [2.05, 4.69) is 30.1 Å². The molecule has 0 N–H and O–H groups in total. The minimum absolute atomic E-state index is 0.639. The van der Waals surface area contributed by atoms with Crippen LogP contribution in [-0.4, -0.2) is 19.9 Å². The molecular weight excluding hydrogens is 186 g/mol. The Morgan fingerprint density at radius 3 is 3.13 bits per heavy atom. The van der Waals surface area contributed by atoms with Crippen molar-refractivity contribution < 1.29 is 4.79 Å². The highest BCUT2D eigenvalue weighted by Gasteiger charge is 2.15. The molecule has 80 valence electrons. The molecule has 0 saturated carbocycles.